The Bertz CT molecular complexity index is 924. The molecule has 0 fully saturated rings. The third kappa shape index (κ3) is 3.25. The summed E-state index contributed by atoms with van der Waals surface area (Å²) in [6.45, 7) is 5.04. The Kier molecular flexibility index (Phi) is 4.29. The number of benzene rings is 2. The van der Waals surface area contributed by atoms with Crippen molar-refractivity contribution in [3.05, 3.63) is 77.2 Å². The summed E-state index contributed by atoms with van der Waals surface area (Å²) in [6.07, 6.45) is 0.985. The second kappa shape index (κ2) is 6.75. The number of aromatic nitrogens is 2. The molecule has 1 unspecified atom stereocenters. The normalized spacial score (nSPS) is 16.3. The molecule has 0 bridgehead atoms. The first kappa shape index (κ1) is 16.5. The first-order valence-corrected chi connectivity index (χ1v) is 8.83. The van der Waals surface area contributed by atoms with E-state index in [1.165, 1.54) is 23.3 Å². The van der Waals surface area contributed by atoms with Crippen molar-refractivity contribution in [2.24, 2.45) is 0 Å². The van der Waals surface area contributed by atoms with Crippen LogP contribution in [-0.4, -0.2) is 16.5 Å². The van der Waals surface area contributed by atoms with Crippen LogP contribution in [-0.2, 0) is 6.42 Å². The topological polar surface area (TPSA) is 41.1 Å². The van der Waals surface area contributed by atoms with Gasteiger partial charge in [0.05, 0.1) is 6.04 Å². The van der Waals surface area contributed by atoms with Crippen LogP contribution in [0.5, 0.6) is 0 Å². The number of aryl methyl sites for hydroxylation is 1. The molecule has 0 aliphatic carbocycles. The summed E-state index contributed by atoms with van der Waals surface area (Å²) >= 11 is 0. The summed E-state index contributed by atoms with van der Waals surface area (Å²) in [5.74, 6) is 1.18. The van der Waals surface area contributed by atoms with Crippen LogP contribution >= 0.6 is 0 Å². The maximum Gasteiger partial charge on any atom is 0.228 e. The first-order valence-electron chi connectivity index (χ1n) is 8.83. The Labute approximate surface area is 152 Å². The summed E-state index contributed by atoms with van der Waals surface area (Å²) < 4.78 is 13.1. The highest BCUT2D eigenvalue weighted by Gasteiger charge is 2.25. The van der Waals surface area contributed by atoms with Gasteiger partial charge in [0.15, 0.2) is 0 Å². The van der Waals surface area contributed by atoms with Crippen LogP contribution in [0.3, 0.4) is 0 Å². The molecule has 1 aromatic heterocycles. The SMILES string of the molecule is Cc1cc(Nc2ccc(F)cc2)nc(N2CCc3ccccc3C2C)n1. The monoisotopic (exact) mass is 348 g/mol. The van der Waals surface area contributed by atoms with E-state index in [4.69, 9.17) is 4.98 Å². The molecule has 3 aromatic rings. The van der Waals surface area contributed by atoms with Gasteiger partial charge in [-0.05, 0) is 55.7 Å². The van der Waals surface area contributed by atoms with Crippen molar-refractivity contribution in [2.45, 2.75) is 26.3 Å². The van der Waals surface area contributed by atoms with Crippen LogP contribution < -0.4 is 10.2 Å². The van der Waals surface area contributed by atoms with Crippen LogP contribution in [0.1, 0.15) is 29.8 Å². The fourth-order valence-electron chi connectivity index (χ4n) is 3.47. The average Bonchev–Trinajstić information content (AvgIpc) is 2.64. The minimum absolute atomic E-state index is 0.223. The van der Waals surface area contributed by atoms with Gasteiger partial charge in [-0.15, -0.1) is 0 Å². The molecule has 0 amide bonds. The molecule has 0 saturated carbocycles. The van der Waals surface area contributed by atoms with E-state index in [1.54, 1.807) is 12.1 Å². The third-order valence-electron chi connectivity index (χ3n) is 4.81. The van der Waals surface area contributed by atoms with Crippen molar-refractivity contribution in [3.63, 3.8) is 0 Å². The fraction of sp³-hybridized carbons (Fsp3) is 0.238. The predicted octanol–water partition coefficient (Wildman–Crippen LogP) is 4.79. The molecule has 0 spiro atoms. The lowest BCUT2D eigenvalue weighted by Crippen LogP contribution is -2.35. The smallest absolute Gasteiger partial charge is 0.228 e. The molecule has 2 heterocycles. The minimum atomic E-state index is -0.254. The van der Waals surface area contributed by atoms with Crippen LogP contribution in [0, 0.1) is 12.7 Å². The van der Waals surface area contributed by atoms with Crippen LogP contribution in [0.2, 0.25) is 0 Å². The summed E-state index contributed by atoms with van der Waals surface area (Å²) in [5.41, 5.74) is 4.42. The molecular formula is C21H21FN4. The lowest BCUT2D eigenvalue weighted by atomic mass is 9.94. The first-order chi connectivity index (χ1) is 12.6. The molecular weight excluding hydrogens is 327 g/mol. The number of fused-ring (bicyclic) bond motifs is 1. The predicted molar refractivity (Wildman–Crippen MR) is 102 cm³/mol. The van der Waals surface area contributed by atoms with E-state index in [-0.39, 0.29) is 11.9 Å². The summed E-state index contributed by atoms with van der Waals surface area (Å²) in [5, 5.41) is 3.24. The highest BCUT2D eigenvalue weighted by atomic mass is 19.1. The van der Waals surface area contributed by atoms with E-state index in [0.717, 1.165) is 30.3 Å². The van der Waals surface area contributed by atoms with Crippen LogP contribution in [0.15, 0.2) is 54.6 Å². The largest absolute Gasteiger partial charge is 0.340 e. The molecule has 1 aliphatic heterocycles. The van der Waals surface area contributed by atoms with E-state index in [2.05, 4.69) is 46.4 Å². The van der Waals surface area contributed by atoms with Crippen molar-refractivity contribution < 1.29 is 4.39 Å². The molecule has 0 radical (unpaired) electrons. The molecule has 5 heteroatoms. The van der Waals surface area contributed by atoms with Gasteiger partial charge in [-0.1, -0.05) is 24.3 Å². The Morgan fingerprint density at radius 3 is 2.65 bits per heavy atom. The zero-order valence-corrected chi connectivity index (χ0v) is 14.9. The Hall–Kier alpha value is -2.95. The van der Waals surface area contributed by atoms with Crippen molar-refractivity contribution in [1.82, 2.24) is 9.97 Å². The van der Waals surface area contributed by atoms with Gasteiger partial charge in [0, 0.05) is 24.0 Å². The number of hydrogen-bond acceptors (Lipinski definition) is 4. The number of anilines is 3. The maximum atomic E-state index is 13.1. The molecule has 0 saturated heterocycles. The summed E-state index contributed by atoms with van der Waals surface area (Å²) in [7, 11) is 0. The standard InChI is InChI=1S/C21H21FN4/c1-14-13-20(24-18-9-7-17(22)8-10-18)25-21(23-14)26-12-11-16-5-3-4-6-19(16)15(26)2/h3-10,13,15H,11-12H2,1-2H3,(H,23,24,25). The third-order valence-corrected chi connectivity index (χ3v) is 4.81. The van der Waals surface area contributed by atoms with Gasteiger partial charge in [0.25, 0.3) is 0 Å². The van der Waals surface area contributed by atoms with E-state index in [9.17, 15) is 4.39 Å². The zero-order chi connectivity index (χ0) is 18.1. The molecule has 26 heavy (non-hydrogen) atoms. The Morgan fingerprint density at radius 2 is 1.85 bits per heavy atom. The van der Waals surface area contributed by atoms with Gasteiger partial charge in [0.1, 0.15) is 11.6 Å². The maximum absolute atomic E-state index is 13.1. The van der Waals surface area contributed by atoms with Crippen molar-refractivity contribution in [2.75, 3.05) is 16.8 Å². The van der Waals surface area contributed by atoms with E-state index in [0.29, 0.717) is 5.82 Å². The molecule has 132 valence electrons. The van der Waals surface area contributed by atoms with E-state index >= 15 is 0 Å². The van der Waals surface area contributed by atoms with Crippen LogP contribution in [0.4, 0.5) is 21.8 Å². The highest BCUT2D eigenvalue weighted by molar-refractivity contribution is 5.58. The number of nitrogens with zero attached hydrogens (tertiary/aromatic N) is 3. The average molecular weight is 348 g/mol. The Balaban J connectivity index is 1.63. The number of nitrogens with one attached hydrogen (secondary N) is 1. The molecule has 4 rings (SSSR count). The lowest BCUT2D eigenvalue weighted by molar-refractivity contribution is 0.608. The second-order valence-electron chi connectivity index (χ2n) is 6.64. The van der Waals surface area contributed by atoms with Gasteiger partial charge in [-0.25, -0.2) is 9.37 Å². The fourth-order valence-corrected chi connectivity index (χ4v) is 3.47. The number of rotatable bonds is 3. The van der Waals surface area contributed by atoms with Gasteiger partial charge in [0.2, 0.25) is 5.95 Å². The van der Waals surface area contributed by atoms with Crippen molar-refractivity contribution in [1.29, 1.82) is 0 Å². The van der Waals surface area contributed by atoms with E-state index in [1.807, 2.05) is 13.0 Å². The molecule has 4 nitrogen and oxygen atoms in total. The molecule has 1 aliphatic rings. The number of halogens is 1. The molecule has 1 N–H and O–H groups in total. The zero-order valence-electron chi connectivity index (χ0n) is 14.9. The van der Waals surface area contributed by atoms with Gasteiger partial charge < -0.3 is 10.2 Å². The number of hydrogen-bond donors (Lipinski definition) is 1. The van der Waals surface area contributed by atoms with Crippen LogP contribution in [0.25, 0.3) is 0 Å². The van der Waals surface area contributed by atoms with Crippen molar-refractivity contribution in [3.8, 4) is 0 Å². The second-order valence-corrected chi connectivity index (χ2v) is 6.64. The highest BCUT2D eigenvalue weighted by Crippen LogP contribution is 2.32. The Morgan fingerprint density at radius 1 is 1.08 bits per heavy atom. The van der Waals surface area contributed by atoms with Gasteiger partial charge >= 0.3 is 0 Å². The van der Waals surface area contributed by atoms with Gasteiger partial charge in [-0.2, -0.15) is 4.98 Å². The van der Waals surface area contributed by atoms with Crippen molar-refractivity contribution >= 4 is 17.5 Å². The quantitative estimate of drug-likeness (QED) is 0.739. The minimum Gasteiger partial charge on any atom is -0.340 e. The summed E-state index contributed by atoms with van der Waals surface area (Å²) in [6, 6.07) is 16.9. The molecule has 1 atom stereocenters. The van der Waals surface area contributed by atoms with Gasteiger partial charge in [-0.3, -0.25) is 0 Å². The molecule has 2 aromatic carbocycles. The lowest BCUT2D eigenvalue weighted by Gasteiger charge is -2.35. The van der Waals surface area contributed by atoms with E-state index < -0.39 is 0 Å². The summed E-state index contributed by atoms with van der Waals surface area (Å²) in [4.78, 5) is 11.6.